The molecule has 0 saturated heterocycles. The van der Waals surface area contributed by atoms with Gasteiger partial charge in [0.05, 0.1) is 20.3 Å². The van der Waals surface area contributed by atoms with Crippen molar-refractivity contribution in [3.8, 4) is 5.75 Å². The highest BCUT2D eigenvalue weighted by molar-refractivity contribution is 5.97. The van der Waals surface area contributed by atoms with Crippen LogP contribution in [-0.2, 0) is 11.3 Å². The van der Waals surface area contributed by atoms with Crippen LogP contribution in [0.1, 0.15) is 33.6 Å². The van der Waals surface area contributed by atoms with Gasteiger partial charge in [-0.05, 0) is 31.2 Å². The van der Waals surface area contributed by atoms with Crippen LogP contribution < -0.4 is 15.7 Å². The maximum Gasteiger partial charge on any atom is 0.374 e. The van der Waals surface area contributed by atoms with Gasteiger partial charge in [-0.2, -0.15) is 0 Å². The zero-order valence-corrected chi connectivity index (χ0v) is 14.7. The van der Waals surface area contributed by atoms with Crippen LogP contribution >= 0.6 is 0 Å². The second-order valence-corrected chi connectivity index (χ2v) is 5.50. The van der Waals surface area contributed by atoms with Gasteiger partial charge in [0.2, 0.25) is 5.76 Å². The number of methoxy groups -OCH3 is 1. The van der Waals surface area contributed by atoms with Crippen molar-refractivity contribution in [2.45, 2.75) is 13.5 Å². The van der Waals surface area contributed by atoms with Gasteiger partial charge in [0.25, 0.3) is 5.91 Å². The SMILES string of the molecule is CCOC(=O)c1ccc(CNC(=O)c2cc3cccc(OC)c3oc2=O)o1. The fraction of sp³-hybridized carbons (Fsp3) is 0.211. The lowest BCUT2D eigenvalue weighted by atomic mass is 10.1. The summed E-state index contributed by atoms with van der Waals surface area (Å²) < 4.78 is 20.5. The summed E-state index contributed by atoms with van der Waals surface area (Å²) >= 11 is 0. The molecule has 1 aromatic carbocycles. The first-order valence-electron chi connectivity index (χ1n) is 8.18. The number of amides is 1. The summed E-state index contributed by atoms with van der Waals surface area (Å²) in [5, 5.41) is 3.11. The Hall–Kier alpha value is -3.55. The molecule has 27 heavy (non-hydrogen) atoms. The van der Waals surface area contributed by atoms with E-state index in [4.69, 9.17) is 18.3 Å². The third-order valence-electron chi connectivity index (χ3n) is 3.75. The lowest BCUT2D eigenvalue weighted by Crippen LogP contribution is -2.27. The van der Waals surface area contributed by atoms with Crippen molar-refractivity contribution in [2.24, 2.45) is 0 Å². The van der Waals surface area contributed by atoms with E-state index in [0.717, 1.165) is 0 Å². The molecule has 140 valence electrons. The summed E-state index contributed by atoms with van der Waals surface area (Å²) in [6.07, 6.45) is 0. The number of hydrogen-bond acceptors (Lipinski definition) is 7. The molecule has 0 saturated carbocycles. The zero-order chi connectivity index (χ0) is 19.4. The van der Waals surface area contributed by atoms with E-state index in [1.807, 2.05) is 0 Å². The first kappa shape index (κ1) is 18.2. The van der Waals surface area contributed by atoms with Crippen molar-refractivity contribution in [1.29, 1.82) is 0 Å². The predicted octanol–water partition coefficient (Wildman–Crippen LogP) is 2.50. The summed E-state index contributed by atoms with van der Waals surface area (Å²) in [5.41, 5.74) is -0.657. The second-order valence-electron chi connectivity index (χ2n) is 5.50. The minimum Gasteiger partial charge on any atom is -0.493 e. The van der Waals surface area contributed by atoms with Crippen molar-refractivity contribution in [1.82, 2.24) is 5.32 Å². The van der Waals surface area contributed by atoms with Gasteiger partial charge in [-0.25, -0.2) is 9.59 Å². The zero-order valence-electron chi connectivity index (χ0n) is 14.7. The average Bonchev–Trinajstić information content (AvgIpc) is 3.14. The highest BCUT2D eigenvalue weighted by Gasteiger charge is 2.17. The Kier molecular flexibility index (Phi) is 5.25. The molecule has 0 radical (unpaired) electrons. The molecular formula is C19H17NO7. The topological polar surface area (TPSA) is 108 Å². The number of carbonyl (C=O) groups excluding carboxylic acids is 2. The molecule has 0 bridgehead atoms. The summed E-state index contributed by atoms with van der Waals surface area (Å²) in [7, 11) is 1.46. The Labute approximate surface area is 153 Å². The molecule has 0 aliphatic heterocycles. The van der Waals surface area contributed by atoms with Crippen LogP contribution in [0.4, 0.5) is 0 Å². The van der Waals surface area contributed by atoms with Crippen molar-refractivity contribution in [3.63, 3.8) is 0 Å². The molecule has 3 aromatic rings. The van der Waals surface area contributed by atoms with E-state index in [1.54, 1.807) is 31.2 Å². The molecule has 0 aliphatic rings. The lowest BCUT2D eigenvalue weighted by molar-refractivity contribution is 0.0488. The Bertz CT molecular complexity index is 1050. The minimum atomic E-state index is -0.781. The van der Waals surface area contributed by atoms with E-state index >= 15 is 0 Å². The number of benzene rings is 1. The summed E-state index contributed by atoms with van der Waals surface area (Å²) in [4.78, 5) is 36.1. The highest BCUT2D eigenvalue weighted by Crippen LogP contribution is 2.24. The van der Waals surface area contributed by atoms with Crippen LogP contribution in [0.3, 0.4) is 0 Å². The molecule has 8 heteroatoms. The fourth-order valence-corrected chi connectivity index (χ4v) is 2.48. The Morgan fingerprint density at radius 1 is 1.15 bits per heavy atom. The molecule has 2 aromatic heterocycles. The van der Waals surface area contributed by atoms with Gasteiger partial charge in [-0.3, -0.25) is 4.79 Å². The van der Waals surface area contributed by atoms with Crippen LogP contribution in [0, 0.1) is 0 Å². The van der Waals surface area contributed by atoms with E-state index in [-0.39, 0.29) is 30.1 Å². The lowest BCUT2D eigenvalue weighted by Gasteiger charge is -2.06. The maximum atomic E-state index is 12.3. The maximum absolute atomic E-state index is 12.3. The number of fused-ring (bicyclic) bond motifs is 1. The van der Waals surface area contributed by atoms with Gasteiger partial charge in [0, 0.05) is 5.39 Å². The number of para-hydroxylation sites is 1. The van der Waals surface area contributed by atoms with Gasteiger partial charge < -0.3 is 23.6 Å². The van der Waals surface area contributed by atoms with Crippen LogP contribution in [0.5, 0.6) is 5.75 Å². The van der Waals surface area contributed by atoms with Gasteiger partial charge in [0.1, 0.15) is 11.3 Å². The van der Waals surface area contributed by atoms with Crippen molar-refractivity contribution >= 4 is 22.8 Å². The van der Waals surface area contributed by atoms with Crippen molar-refractivity contribution in [2.75, 3.05) is 13.7 Å². The number of nitrogens with one attached hydrogen (secondary N) is 1. The monoisotopic (exact) mass is 371 g/mol. The highest BCUT2D eigenvalue weighted by atomic mass is 16.5. The molecule has 8 nitrogen and oxygen atoms in total. The number of ether oxygens (including phenoxy) is 2. The van der Waals surface area contributed by atoms with Crippen LogP contribution in [0.15, 0.2) is 50.0 Å². The number of carbonyl (C=O) groups is 2. The number of furan rings is 1. The first-order chi connectivity index (χ1) is 13.0. The normalized spacial score (nSPS) is 10.6. The molecule has 1 amide bonds. The van der Waals surface area contributed by atoms with Crippen molar-refractivity contribution < 1.29 is 27.9 Å². The number of rotatable bonds is 6. The quantitative estimate of drug-likeness (QED) is 0.524. The minimum absolute atomic E-state index is 0.00612. The van der Waals surface area contributed by atoms with Gasteiger partial charge >= 0.3 is 11.6 Å². The molecule has 0 spiro atoms. The van der Waals surface area contributed by atoms with Gasteiger partial charge in [0.15, 0.2) is 11.3 Å². The van der Waals surface area contributed by atoms with E-state index in [0.29, 0.717) is 16.9 Å². The standard InChI is InChI=1S/C19H17NO7/c1-3-25-19(23)15-8-7-12(26-15)10-20-17(21)13-9-11-5-4-6-14(24-2)16(11)27-18(13)22/h4-9H,3,10H2,1-2H3,(H,20,21). The van der Waals surface area contributed by atoms with Crippen LogP contribution in [-0.4, -0.2) is 25.6 Å². The van der Waals surface area contributed by atoms with E-state index in [2.05, 4.69) is 5.32 Å². The molecule has 0 atom stereocenters. The molecular weight excluding hydrogens is 354 g/mol. The Morgan fingerprint density at radius 3 is 2.70 bits per heavy atom. The number of esters is 1. The Balaban J connectivity index is 1.76. The predicted molar refractivity (Wildman–Crippen MR) is 94.9 cm³/mol. The van der Waals surface area contributed by atoms with E-state index in [1.165, 1.54) is 19.2 Å². The van der Waals surface area contributed by atoms with Crippen LogP contribution in [0.25, 0.3) is 11.0 Å². The molecule has 0 fully saturated rings. The molecule has 3 rings (SSSR count). The Morgan fingerprint density at radius 2 is 1.96 bits per heavy atom. The smallest absolute Gasteiger partial charge is 0.374 e. The third-order valence-corrected chi connectivity index (χ3v) is 3.75. The fourth-order valence-electron chi connectivity index (χ4n) is 2.48. The summed E-state index contributed by atoms with van der Waals surface area (Å²) in [5.74, 6) is -0.419. The van der Waals surface area contributed by atoms with Crippen molar-refractivity contribution in [3.05, 3.63) is 63.9 Å². The summed E-state index contributed by atoms with van der Waals surface area (Å²) in [6.45, 7) is 1.91. The first-order valence-corrected chi connectivity index (χ1v) is 8.18. The second kappa shape index (κ2) is 7.77. The molecule has 2 heterocycles. The molecule has 0 unspecified atom stereocenters. The van der Waals surface area contributed by atoms with Crippen LogP contribution in [0.2, 0.25) is 0 Å². The van der Waals surface area contributed by atoms with Gasteiger partial charge in [-0.15, -0.1) is 0 Å². The van der Waals surface area contributed by atoms with E-state index in [9.17, 15) is 14.4 Å². The van der Waals surface area contributed by atoms with E-state index < -0.39 is 17.5 Å². The number of hydrogen-bond donors (Lipinski definition) is 1. The average molecular weight is 371 g/mol. The summed E-state index contributed by atoms with van der Waals surface area (Å²) in [6, 6.07) is 9.52. The molecule has 0 aliphatic carbocycles. The largest absolute Gasteiger partial charge is 0.493 e. The van der Waals surface area contributed by atoms with Gasteiger partial charge in [-0.1, -0.05) is 12.1 Å². The third kappa shape index (κ3) is 3.84. The molecule has 1 N–H and O–H groups in total.